The van der Waals surface area contributed by atoms with Gasteiger partial charge in [0.15, 0.2) is 0 Å². The zero-order valence-electron chi connectivity index (χ0n) is 9.89. The standard InChI is InChI=1S/C13H20P/c1-9-6-10(2)13(11(3)7-9)14(5)8-12(14)4/h6-7,12H,8H2,1-5H3/q+1/t12-,14?/m1/s1. The molecule has 0 bridgehead atoms. The van der Waals surface area contributed by atoms with E-state index in [2.05, 4.69) is 46.5 Å². The molecule has 1 heteroatoms. The van der Waals surface area contributed by atoms with Crippen LogP contribution in [0, 0.1) is 20.8 Å². The predicted molar refractivity (Wildman–Crippen MR) is 67.5 cm³/mol. The van der Waals surface area contributed by atoms with E-state index >= 15 is 0 Å². The van der Waals surface area contributed by atoms with Gasteiger partial charge in [0.2, 0.25) is 0 Å². The first-order chi connectivity index (χ1) is 6.45. The molecule has 1 aliphatic rings. The van der Waals surface area contributed by atoms with Crippen LogP contribution in [0.2, 0.25) is 0 Å². The minimum Gasteiger partial charge on any atom is -0.0524 e. The molecule has 0 N–H and O–H groups in total. The topological polar surface area (TPSA) is 0 Å². The van der Waals surface area contributed by atoms with Crippen LogP contribution in [-0.4, -0.2) is 18.5 Å². The zero-order valence-corrected chi connectivity index (χ0v) is 10.8. The van der Waals surface area contributed by atoms with Gasteiger partial charge in [-0.25, -0.2) is 0 Å². The molecule has 1 unspecified atom stereocenters. The van der Waals surface area contributed by atoms with Crippen molar-refractivity contribution in [2.24, 2.45) is 0 Å². The lowest BCUT2D eigenvalue weighted by molar-refractivity contribution is 1.24. The Kier molecular flexibility index (Phi) is 2.23. The third-order valence-electron chi connectivity index (χ3n) is 3.63. The van der Waals surface area contributed by atoms with Crippen LogP contribution < -0.4 is 5.30 Å². The third kappa shape index (κ3) is 1.41. The monoisotopic (exact) mass is 207 g/mol. The Hall–Kier alpha value is -0.350. The van der Waals surface area contributed by atoms with E-state index in [9.17, 15) is 0 Å². The van der Waals surface area contributed by atoms with E-state index in [1.165, 1.54) is 22.9 Å². The van der Waals surface area contributed by atoms with Gasteiger partial charge in [-0.1, -0.05) is 17.7 Å². The Bertz CT molecular complexity index is 358. The summed E-state index contributed by atoms with van der Waals surface area (Å²) in [5.41, 5.74) is 5.44. The summed E-state index contributed by atoms with van der Waals surface area (Å²) in [6.45, 7) is 11.7. The molecule has 0 amide bonds. The molecular formula is C13H20P+. The van der Waals surface area contributed by atoms with Crippen LogP contribution in [0.15, 0.2) is 12.1 Å². The summed E-state index contributed by atoms with van der Waals surface area (Å²) in [5, 5.41) is 1.72. The van der Waals surface area contributed by atoms with E-state index in [1.807, 2.05) is 0 Å². The summed E-state index contributed by atoms with van der Waals surface area (Å²) >= 11 is 0. The van der Waals surface area contributed by atoms with Crippen molar-refractivity contribution in [2.45, 2.75) is 33.4 Å². The molecule has 1 saturated heterocycles. The van der Waals surface area contributed by atoms with E-state index in [-0.39, 0.29) is 0 Å². The largest absolute Gasteiger partial charge is 0.105 e. The maximum absolute atomic E-state index is 2.52. The van der Waals surface area contributed by atoms with Crippen molar-refractivity contribution < 1.29 is 0 Å². The molecule has 2 rings (SSSR count). The quantitative estimate of drug-likeness (QED) is 0.620. The first-order valence-corrected chi connectivity index (χ1v) is 7.88. The molecular weight excluding hydrogens is 187 g/mol. The molecule has 76 valence electrons. The van der Waals surface area contributed by atoms with Crippen molar-refractivity contribution in [3.8, 4) is 0 Å². The summed E-state index contributed by atoms with van der Waals surface area (Å²) in [6.07, 6.45) is 1.47. The van der Waals surface area contributed by atoms with Gasteiger partial charge in [0.1, 0.15) is 11.8 Å². The second-order valence-electron chi connectivity index (χ2n) is 5.05. The van der Waals surface area contributed by atoms with Crippen molar-refractivity contribution in [1.82, 2.24) is 0 Å². The fourth-order valence-corrected chi connectivity index (χ4v) is 6.89. The Morgan fingerprint density at radius 2 is 1.57 bits per heavy atom. The van der Waals surface area contributed by atoms with E-state index < -0.39 is 7.26 Å². The second kappa shape index (κ2) is 3.07. The molecule has 1 aliphatic heterocycles. The molecule has 1 aromatic carbocycles. The van der Waals surface area contributed by atoms with Crippen molar-refractivity contribution in [3.05, 3.63) is 28.8 Å². The maximum Gasteiger partial charge on any atom is 0.105 e. The lowest BCUT2D eigenvalue weighted by Gasteiger charge is -2.11. The number of benzene rings is 1. The zero-order chi connectivity index (χ0) is 10.5. The fourth-order valence-electron chi connectivity index (χ4n) is 2.79. The van der Waals surface area contributed by atoms with Gasteiger partial charge in [-0.2, -0.15) is 0 Å². The van der Waals surface area contributed by atoms with Gasteiger partial charge < -0.3 is 0 Å². The highest BCUT2D eigenvalue weighted by Crippen LogP contribution is 2.74. The van der Waals surface area contributed by atoms with Gasteiger partial charge in [-0.15, -0.1) is 0 Å². The molecule has 0 spiro atoms. The van der Waals surface area contributed by atoms with Gasteiger partial charge in [0.05, 0.1) is 19.2 Å². The molecule has 0 aliphatic carbocycles. The van der Waals surface area contributed by atoms with Crippen LogP contribution >= 0.6 is 7.26 Å². The SMILES string of the molecule is Cc1cc(C)c([P+]2(C)C[C@H]2C)c(C)c1. The molecule has 2 atom stereocenters. The van der Waals surface area contributed by atoms with Crippen LogP contribution in [0.5, 0.6) is 0 Å². The van der Waals surface area contributed by atoms with E-state index in [0.717, 1.165) is 5.66 Å². The number of hydrogen-bond acceptors (Lipinski definition) is 0. The van der Waals surface area contributed by atoms with Gasteiger partial charge >= 0.3 is 0 Å². The van der Waals surface area contributed by atoms with Crippen LogP contribution in [0.25, 0.3) is 0 Å². The minimum absolute atomic E-state index is 0.704. The molecule has 1 heterocycles. The summed E-state index contributed by atoms with van der Waals surface area (Å²) in [7, 11) is -0.704. The lowest BCUT2D eigenvalue weighted by atomic mass is 10.1. The van der Waals surface area contributed by atoms with E-state index in [1.54, 1.807) is 5.30 Å². The summed E-state index contributed by atoms with van der Waals surface area (Å²) in [6, 6.07) is 4.69. The number of hydrogen-bond donors (Lipinski definition) is 0. The van der Waals surface area contributed by atoms with Crippen molar-refractivity contribution >= 4 is 12.6 Å². The van der Waals surface area contributed by atoms with Crippen molar-refractivity contribution in [1.29, 1.82) is 0 Å². The molecule has 0 nitrogen and oxygen atoms in total. The van der Waals surface area contributed by atoms with Crippen LogP contribution in [-0.2, 0) is 0 Å². The maximum atomic E-state index is 2.52. The summed E-state index contributed by atoms with van der Waals surface area (Å²) in [4.78, 5) is 0. The Balaban J connectivity index is 2.54. The summed E-state index contributed by atoms with van der Waals surface area (Å²) in [5.74, 6) is 0. The predicted octanol–water partition coefficient (Wildman–Crippen LogP) is 3.29. The minimum atomic E-state index is -0.704. The highest BCUT2D eigenvalue weighted by molar-refractivity contribution is 7.89. The molecule has 14 heavy (non-hydrogen) atoms. The highest BCUT2D eigenvalue weighted by atomic mass is 31.2. The average molecular weight is 207 g/mol. The summed E-state index contributed by atoms with van der Waals surface area (Å²) < 4.78 is 0. The van der Waals surface area contributed by atoms with Crippen LogP contribution in [0.4, 0.5) is 0 Å². The van der Waals surface area contributed by atoms with E-state index in [0.29, 0.717) is 0 Å². The Morgan fingerprint density at radius 3 is 1.93 bits per heavy atom. The Morgan fingerprint density at radius 1 is 1.14 bits per heavy atom. The first kappa shape index (κ1) is 10.2. The number of aryl methyl sites for hydroxylation is 3. The molecule has 1 aromatic rings. The van der Waals surface area contributed by atoms with Gasteiger partial charge in [-0.3, -0.25) is 0 Å². The van der Waals surface area contributed by atoms with Crippen LogP contribution in [0.3, 0.4) is 0 Å². The Labute approximate surface area is 88.1 Å². The van der Waals surface area contributed by atoms with Crippen LogP contribution in [0.1, 0.15) is 23.6 Å². The van der Waals surface area contributed by atoms with Crippen molar-refractivity contribution in [2.75, 3.05) is 12.8 Å². The second-order valence-corrected chi connectivity index (χ2v) is 9.28. The molecule has 0 saturated carbocycles. The fraction of sp³-hybridized carbons (Fsp3) is 0.538. The molecule has 0 aromatic heterocycles. The number of rotatable bonds is 1. The van der Waals surface area contributed by atoms with Gasteiger partial charge in [-0.05, 0) is 38.8 Å². The average Bonchev–Trinajstić information content (AvgIpc) is 2.56. The van der Waals surface area contributed by atoms with Gasteiger partial charge in [0.25, 0.3) is 0 Å². The normalized spacial score (nSPS) is 30.5. The first-order valence-electron chi connectivity index (χ1n) is 5.39. The smallest absolute Gasteiger partial charge is 0.0524 e. The lowest BCUT2D eigenvalue weighted by Crippen LogP contribution is -2.11. The van der Waals surface area contributed by atoms with E-state index in [4.69, 9.17) is 0 Å². The molecule has 1 fully saturated rings. The van der Waals surface area contributed by atoms with Gasteiger partial charge in [0, 0.05) is 0 Å². The highest BCUT2D eigenvalue weighted by Gasteiger charge is 2.59. The molecule has 0 radical (unpaired) electrons. The van der Waals surface area contributed by atoms with Crippen molar-refractivity contribution in [3.63, 3.8) is 0 Å². The third-order valence-corrected chi connectivity index (χ3v) is 8.32.